The fraction of sp³-hybridized carbons (Fsp3) is 0.150. The summed E-state index contributed by atoms with van der Waals surface area (Å²) in [6.45, 7) is 0.539. The lowest BCUT2D eigenvalue weighted by Crippen LogP contribution is -3.00. The van der Waals surface area contributed by atoms with Gasteiger partial charge in [-0.05, 0) is 29.3 Å². The third-order valence-electron chi connectivity index (χ3n) is 4.02. The van der Waals surface area contributed by atoms with Gasteiger partial charge in [-0.2, -0.15) is 26.3 Å². The van der Waals surface area contributed by atoms with Crippen LogP contribution in [0.5, 0.6) is 0 Å². The molecule has 0 unspecified atom stereocenters. The molecule has 0 amide bonds. The molecule has 0 saturated heterocycles. The quantitative estimate of drug-likeness (QED) is 0.291. The molecule has 2 aromatic carbocycles. The maximum atomic E-state index is 13.0. The van der Waals surface area contributed by atoms with Crippen molar-refractivity contribution in [3.8, 4) is 11.1 Å². The number of nitrogens with zero attached hydrogens (tertiary/aromatic N) is 1. The SMILES string of the molecule is FC(F)(F)c1cc(-c2cc[n+](Cc3ccccc3)cc2)cc(C(F)(F)F)c1.[I-]. The summed E-state index contributed by atoms with van der Waals surface area (Å²) in [7, 11) is 0. The summed E-state index contributed by atoms with van der Waals surface area (Å²) >= 11 is 0. The molecule has 0 bridgehead atoms. The molecule has 0 aliphatic heterocycles. The monoisotopic (exact) mass is 509 g/mol. The van der Waals surface area contributed by atoms with E-state index in [9.17, 15) is 26.3 Å². The molecule has 0 atom stereocenters. The molecule has 28 heavy (non-hydrogen) atoms. The standard InChI is InChI=1S/C20H14F6N.HI/c21-19(22,23)17-10-16(11-18(12-17)20(24,25)26)15-6-8-27(9-7-15)13-14-4-2-1-3-5-14;/h1-12H,13H2;1H/q+1;/p-1. The highest BCUT2D eigenvalue weighted by Crippen LogP contribution is 2.38. The van der Waals surface area contributed by atoms with Gasteiger partial charge in [-0.3, -0.25) is 0 Å². The number of benzene rings is 2. The molecule has 8 heteroatoms. The van der Waals surface area contributed by atoms with Crippen LogP contribution in [0.25, 0.3) is 11.1 Å². The fourth-order valence-electron chi connectivity index (χ4n) is 2.67. The average Bonchev–Trinajstić information content (AvgIpc) is 2.61. The van der Waals surface area contributed by atoms with Crippen molar-refractivity contribution in [1.82, 2.24) is 0 Å². The van der Waals surface area contributed by atoms with E-state index in [2.05, 4.69) is 0 Å². The second-order valence-electron chi connectivity index (χ2n) is 6.04. The van der Waals surface area contributed by atoms with Crippen LogP contribution in [0.3, 0.4) is 0 Å². The third-order valence-corrected chi connectivity index (χ3v) is 4.02. The van der Waals surface area contributed by atoms with Gasteiger partial charge in [0.05, 0.1) is 11.1 Å². The van der Waals surface area contributed by atoms with Gasteiger partial charge in [-0.15, -0.1) is 0 Å². The highest BCUT2D eigenvalue weighted by molar-refractivity contribution is 5.65. The Kier molecular flexibility index (Phi) is 6.74. The van der Waals surface area contributed by atoms with E-state index in [1.807, 2.05) is 30.3 Å². The van der Waals surface area contributed by atoms with Crippen LogP contribution in [-0.2, 0) is 18.9 Å². The zero-order valence-corrected chi connectivity index (χ0v) is 16.4. The van der Waals surface area contributed by atoms with E-state index in [1.54, 1.807) is 17.0 Å². The first kappa shape index (κ1) is 22.2. The lowest BCUT2D eigenvalue weighted by molar-refractivity contribution is -0.688. The molecule has 0 N–H and O–H groups in total. The number of hydrogen-bond acceptors (Lipinski definition) is 0. The summed E-state index contributed by atoms with van der Waals surface area (Å²) in [6.07, 6.45) is -6.48. The van der Waals surface area contributed by atoms with Crippen LogP contribution in [0.4, 0.5) is 26.3 Å². The van der Waals surface area contributed by atoms with Crippen molar-refractivity contribution in [3.05, 3.63) is 89.7 Å². The minimum atomic E-state index is -4.86. The van der Waals surface area contributed by atoms with Crippen molar-refractivity contribution < 1.29 is 54.9 Å². The first-order valence-corrected chi connectivity index (χ1v) is 7.96. The number of rotatable bonds is 3. The van der Waals surface area contributed by atoms with E-state index in [-0.39, 0.29) is 41.2 Å². The summed E-state index contributed by atoms with van der Waals surface area (Å²) in [5, 5.41) is 0. The van der Waals surface area contributed by atoms with Gasteiger partial charge in [0.1, 0.15) is 0 Å². The molecule has 1 nitrogen and oxygen atoms in total. The van der Waals surface area contributed by atoms with E-state index in [0.717, 1.165) is 17.7 Å². The van der Waals surface area contributed by atoms with E-state index in [1.165, 1.54) is 12.1 Å². The first-order chi connectivity index (χ1) is 12.6. The Labute approximate surface area is 174 Å². The Bertz CT molecular complexity index is 886. The maximum absolute atomic E-state index is 13.0. The summed E-state index contributed by atoms with van der Waals surface area (Å²) < 4.78 is 79.7. The Morgan fingerprint density at radius 3 is 1.61 bits per heavy atom. The number of alkyl halides is 6. The molecule has 0 aliphatic rings. The predicted molar refractivity (Wildman–Crippen MR) is 87.6 cm³/mol. The highest BCUT2D eigenvalue weighted by atomic mass is 127. The molecule has 0 aliphatic carbocycles. The van der Waals surface area contributed by atoms with Crippen LogP contribution < -0.4 is 28.5 Å². The minimum absolute atomic E-state index is 0. The second kappa shape index (κ2) is 8.50. The number of pyridine rings is 1. The molecule has 0 saturated carbocycles. The van der Waals surface area contributed by atoms with Crippen molar-refractivity contribution in [1.29, 1.82) is 0 Å². The van der Waals surface area contributed by atoms with Crippen molar-refractivity contribution in [2.75, 3.05) is 0 Å². The smallest absolute Gasteiger partial charge is 0.416 e. The van der Waals surface area contributed by atoms with Crippen LogP contribution in [0.2, 0.25) is 0 Å². The highest BCUT2D eigenvalue weighted by Gasteiger charge is 2.37. The molecule has 0 spiro atoms. The molecule has 3 rings (SSSR count). The predicted octanol–water partition coefficient (Wildman–Crippen LogP) is 2.73. The van der Waals surface area contributed by atoms with Crippen molar-refractivity contribution in [3.63, 3.8) is 0 Å². The molecular weight excluding hydrogens is 495 g/mol. The van der Waals surface area contributed by atoms with Gasteiger partial charge in [0, 0.05) is 17.7 Å². The van der Waals surface area contributed by atoms with Crippen LogP contribution >= 0.6 is 0 Å². The van der Waals surface area contributed by atoms with E-state index in [0.29, 0.717) is 6.54 Å². The van der Waals surface area contributed by atoms with Crippen LogP contribution in [0.1, 0.15) is 16.7 Å². The summed E-state index contributed by atoms with van der Waals surface area (Å²) in [5.74, 6) is 0. The lowest BCUT2D eigenvalue weighted by atomic mass is 10.00. The topological polar surface area (TPSA) is 3.88 Å². The molecular formula is C20H14F6IN. The largest absolute Gasteiger partial charge is 1.00 e. The fourth-order valence-corrected chi connectivity index (χ4v) is 2.67. The number of aromatic nitrogens is 1. The molecule has 1 aromatic heterocycles. The van der Waals surface area contributed by atoms with Gasteiger partial charge in [0.15, 0.2) is 18.9 Å². The Morgan fingerprint density at radius 1 is 0.643 bits per heavy atom. The summed E-state index contributed by atoms with van der Waals surface area (Å²) in [4.78, 5) is 0. The van der Waals surface area contributed by atoms with Gasteiger partial charge in [-0.1, -0.05) is 30.3 Å². The lowest BCUT2D eigenvalue weighted by Gasteiger charge is -2.14. The Hall–Kier alpha value is -2.10. The molecule has 0 fully saturated rings. The third kappa shape index (κ3) is 5.46. The number of hydrogen-bond donors (Lipinski definition) is 0. The maximum Gasteiger partial charge on any atom is 0.416 e. The summed E-state index contributed by atoms with van der Waals surface area (Å²) in [5.41, 5.74) is -1.49. The van der Waals surface area contributed by atoms with Gasteiger partial charge < -0.3 is 24.0 Å². The normalized spacial score (nSPS) is 11.8. The first-order valence-electron chi connectivity index (χ1n) is 7.96. The van der Waals surface area contributed by atoms with Gasteiger partial charge in [0.2, 0.25) is 0 Å². The van der Waals surface area contributed by atoms with Crippen LogP contribution in [-0.4, -0.2) is 0 Å². The zero-order chi connectivity index (χ0) is 19.7. The van der Waals surface area contributed by atoms with Crippen molar-refractivity contribution >= 4 is 0 Å². The average molecular weight is 509 g/mol. The van der Waals surface area contributed by atoms with E-state index < -0.39 is 23.5 Å². The van der Waals surface area contributed by atoms with Crippen LogP contribution in [0, 0.1) is 0 Å². The Balaban J connectivity index is 0.00000280. The molecule has 0 radical (unpaired) electrons. The van der Waals surface area contributed by atoms with Crippen LogP contribution in [0.15, 0.2) is 73.1 Å². The van der Waals surface area contributed by atoms with Gasteiger partial charge in [0.25, 0.3) is 0 Å². The number of halogens is 7. The zero-order valence-electron chi connectivity index (χ0n) is 14.2. The van der Waals surface area contributed by atoms with Crippen molar-refractivity contribution in [2.24, 2.45) is 0 Å². The van der Waals surface area contributed by atoms with Crippen molar-refractivity contribution in [2.45, 2.75) is 18.9 Å². The molecule has 3 aromatic rings. The molecule has 148 valence electrons. The van der Waals surface area contributed by atoms with E-state index in [4.69, 9.17) is 0 Å². The van der Waals surface area contributed by atoms with Gasteiger partial charge in [-0.25, -0.2) is 4.57 Å². The summed E-state index contributed by atoms with van der Waals surface area (Å²) in [6, 6.07) is 14.1. The Morgan fingerprint density at radius 2 is 1.14 bits per heavy atom. The second-order valence-corrected chi connectivity index (χ2v) is 6.04. The van der Waals surface area contributed by atoms with E-state index >= 15 is 0 Å². The van der Waals surface area contributed by atoms with Gasteiger partial charge >= 0.3 is 12.4 Å². The molecule has 1 heterocycles. The minimum Gasteiger partial charge on any atom is -1.00 e.